The van der Waals surface area contributed by atoms with Crippen molar-refractivity contribution in [3.05, 3.63) is 249 Å². The fourth-order valence-corrected chi connectivity index (χ4v) is 16.5. The molecule has 2 unspecified atom stereocenters. The van der Waals surface area contributed by atoms with Gasteiger partial charge in [0.2, 0.25) is 0 Å². The first kappa shape index (κ1) is 89.4. The van der Waals surface area contributed by atoms with Crippen molar-refractivity contribution in [2.24, 2.45) is 0 Å². The molecule has 4 aliphatic heterocycles. The average Bonchev–Trinajstić information content (AvgIpc) is 1.32. The second-order valence-corrected chi connectivity index (χ2v) is 32.1. The summed E-state index contributed by atoms with van der Waals surface area (Å²) in [6.07, 6.45) is 5.36. The van der Waals surface area contributed by atoms with Crippen LogP contribution >= 0.6 is 0 Å². The lowest BCUT2D eigenvalue weighted by molar-refractivity contribution is -0.0704. The van der Waals surface area contributed by atoms with Gasteiger partial charge in [0, 0.05) is 93.0 Å². The summed E-state index contributed by atoms with van der Waals surface area (Å²) in [6.45, 7) is 18.9. The molecule has 12 N–H and O–H groups in total. The highest BCUT2D eigenvalue weighted by Crippen LogP contribution is 2.32. The Balaban J connectivity index is 0.000000131. The van der Waals surface area contributed by atoms with E-state index in [4.69, 9.17) is 65.6 Å². The average molecular weight is 1750 g/mol. The molecule has 37 heteroatoms. The Morgan fingerprint density at radius 3 is 0.992 bits per heavy atom. The summed E-state index contributed by atoms with van der Waals surface area (Å²) < 4.78 is 54.0. The normalized spacial score (nSPS) is 15.2. The van der Waals surface area contributed by atoms with E-state index in [2.05, 4.69) is 190 Å². The van der Waals surface area contributed by atoms with E-state index in [-0.39, 0.29) is 95.5 Å². The summed E-state index contributed by atoms with van der Waals surface area (Å²) in [5.41, 5.74) is 40.6. The van der Waals surface area contributed by atoms with Gasteiger partial charge in [0.05, 0.1) is 64.8 Å². The van der Waals surface area contributed by atoms with Gasteiger partial charge in [0.25, 0.3) is 0 Å². The van der Waals surface area contributed by atoms with Crippen LogP contribution in [0.15, 0.2) is 165 Å². The van der Waals surface area contributed by atoms with Crippen LogP contribution in [-0.2, 0) is 95.6 Å². The van der Waals surface area contributed by atoms with Crippen LogP contribution in [0.25, 0.3) is 44.7 Å². The van der Waals surface area contributed by atoms with Gasteiger partial charge in [-0.05, 0) is 113 Å². The monoisotopic (exact) mass is 1750 g/mol. The predicted molar refractivity (Wildman–Crippen MR) is 487 cm³/mol. The van der Waals surface area contributed by atoms with Crippen LogP contribution in [0, 0.1) is 0 Å². The van der Waals surface area contributed by atoms with E-state index in [1.165, 1.54) is 63.9 Å². The quantitative estimate of drug-likeness (QED) is 0.0186. The number of nitrogens with one attached hydrogen (secondary N) is 4. The number of aromatic nitrogens is 16. The van der Waals surface area contributed by atoms with E-state index in [0.29, 0.717) is 110 Å². The largest absolute Gasteiger partial charge is 0.461 e. The lowest BCUT2D eigenvalue weighted by atomic mass is 10.1. The molecule has 14 aromatic rings. The third kappa shape index (κ3) is 22.5. The van der Waals surface area contributed by atoms with Crippen molar-refractivity contribution >= 4 is 73.6 Å². The smallest absolute Gasteiger partial charge is 0.328 e. The molecule has 0 radical (unpaired) electrons. The number of methoxy groups -OCH3 is 4. The molecule has 18 rings (SSSR count). The zero-order chi connectivity index (χ0) is 89.2. The number of rotatable bonds is 32. The van der Waals surface area contributed by atoms with E-state index in [1.807, 2.05) is 48.5 Å². The highest BCUT2D eigenvalue weighted by Gasteiger charge is 2.27. The molecule has 4 aliphatic rings. The molecule has 128 heavy (non-hydrogen) atoms. The number of piperidine rings is 1. The molecule has 2 atom stereocenters. The molecule has 0 amide bonds. The van der Waals surface area contributed by atoms with Gasteiger partial charge in [-0.15, -0.1) is 0 Å². The third-order valence-electron chi connectivity index (χ3n) is 22.3. The molecule has 8 aromatic heterocycles. The number of nitrogens with zero attached hydrogens (tertiary/aromatic N) is 16. The number of aromatic amines is 4. The Kier molecular flexibility index (Phi) is 29.5. The van der Waals surface area contributed by atoms with Crippen molar-refractivity contribution in [2.45, 2.75) is 117 Å². The second-order valence-electron chi connectivity index (χ2n) is 32.1. The molecular formula is C91H110N24O13. The first-order valence-electron chi connectivity index (χ1n) is 42.8. The fourth-order valence-electron chi connectivity index (χ4n) is 16.5. The molecular weight excluding hydrogens is 1640 g/mol. The molecule has 12 heterocycles. The number of benzene rings is 6. The number of imidazole rings is 4. The molecule has 0 bridgehead atoms. The van der Waals surface area contributed by atoms with Crippen LogP contribution < -0.4 is 69.5 Å². The fraction of sp³-hybridized carbons (Fsp3) is 0.385. The highest BCUT2D eigenvalue weighted by atomic mass is 16.5. The van der Waals surface area contributed by atoms with E-state index < -0.39 is 0 Å². The van der Waals surface area contributed by atoms with Gasteiger partial charge in [-0.25, -0.2) is 19.2 Å². The molecule has 2 fully saturated rings. The number of fused-ring (bicyclic) bond motifs is 6. The topological polar surface area (TPSA) is 454 Å². The van der Waals surface area contributed by atoms with Crippen LogP contribution in [0.1, 0.15) is 94.3 Å². The van der Waals surface area contributed by atoms with Crippen molar-refractivity contribution in [3.63, 3.8) is 0 Å². The number of nitrogen functional groups attached to an aromatic ring is 4. The predicted octanol–water partition coefficient (Wildman–Crippen LogP) is 7.77. The Morgan fingerprint density at radius 1 is 0.344 bits per heavy atom. The van der Waals surface area contributed by atoms with E-state index in [0.717, 1.165) is 101 Å². The Morgan fingerprint density at radius 2 is 0.648 bits per heavy atom. The SMILES string of the molecule is COCCOc1nc(N)c2[nH]c(=O)n(Cc3cccc(CN4CC(C)OC(C)C4)c3)c2n1.COCCOc1nc(N)c2[nH]c(=O)n(Cc3cccc(CN4CCCCC4)c3)c2n1.COCCOc1nc(N)c2[nH]c(=O)n(Cc3cccc(CN4CCc5ccccc54)c3)c2n1.COCCOc1nc(N)c2[nH]c(=O)n(Cc3cccc(CN4Cc5ccccc5C4)c3)c2n1. The molecule has 672 valence electrons. The molecule has 6 aromatic carbocycles. The maximum Gasteiger partial charge on any atom is 0.328 e. The van der Waals surface area contributed by atoms with E-state index in [9.17, 15) is 19.2 Å². The van der Waals surface area contributed by atoms with Gasteiger partial charge in [-0.3, -0.25) is 33.0 Å². The van der Waals surface area contributed by atoms with Crippen LogP contribution in [0.2, 0.25) is 0 Å². The zero-order valence-corrected chi connectivity index (χ0v) is 72.9. The summed E-state index contributed by atoms with van der Waals surface area (Å²) >= 11 is 0. The number of H-pyrrole nitrogens is 4. The van der Waals surface area contributed by atoms with Gasteiger partial charge in [-0.2, -0.15) is 39.9 Å². The molecule has 37 nitrogen and oxygen atoms in total. The minimum Gasteiger partial charge on any atom is -0.461 e. The first-order chi connectivity index (χ1) is 62.3. The first-order valence-corrected chi connectivity index (χ1v) is 42.8. The van der Waals surface area contributed by atoms with Crippen molar-refractivity contribution in [3.8, 4) is 24.0 Å². The van der Waals surface area contributed by atoms with Crippen molar-refractivity contribution in [2.75, 3.05) is 142 Å². The minimum absolute atomic E-state index is 0.115. The number of anilines is 5. The lowest BCUT2D eigenvalue weighted by Gasteiger charge is -2.35. The molecule has 0 saturated carbocycles. The van der Waals surface area contributed by atoms with Gasteiger partial charge in [-0.1, -0.05) is 146 Å². The zero-order valence-electron chi connectivity index (χ0n) is 72.9. The van der Waals surface area contributed by atoms with E-state index >= 15 is 0 Å². The van der Waals surface area contributed by atoms with Gasteiger partial charge < -0.3 is 90.4 Å². The third-order valence-corrected chi connectivity index (χ3v) is 22.3. The Labute approximate surface area is 737 Å². The van der Waals surface area contributed by atoms with Gasteiger partial charge in [0.1, 0.15) is 48.5 Å². The van der Waals surface area contributed by atoms with Crippen molar-refractivity contribution in [1.82, 2.24) is 92.8 Å². The van der Waals surface area contributed by atoms with Gasteiger partial charge in [0.15, 0.2) is 45.9 Å². The van der Waals surface area contributed by atoms with Crippen LogP contribution in [0.5, 0.6) is 24.0 Å². The number of para-hydroxylation sites is 1. The van der Waals surface area contributed by atoms with Crippen molar-refractivity contribution < 1.29 is 42.6 Å². The Hall–Kier alpha value is -13.4. The Bertz CT molecular complexity index is 6360. The number of likely N-dealkylation sites (tertiary alicyclic amines) is 1. The summed E-state index contributed by atoms with van der Waals surface area (Å²) in [5, 5.41) is 0. The number of ether oxygens (including phenoxy) is 9. The van der Waals surface area contributed by atoms with E-state index in [1.54, 1.807) is 46.7 Å². The highest BCUT2D eigenvalue weighted by molar-refractivity contribution is 5.84. The van der Waals surface area contributed by atoms with Crippen LogP contribution in [0.3, 0.4) is 0 Å². The lowest BCUT2D eigenvalue weighted by Crippen LogP contribution is -2.44. The summed E-state index contributed by atoms with van der Waals surface area (Å²) in [7, 11) is 6.34. The molecule has 0 spiro atoms. The maximum atomic E-state index is 12.7. The molecule has 0 aliphatic carbocycles. The maximum absolute atomic E-state index is 12.7. The second kappa shape index (κ2) is 42.3. The molecule has 2 saturated heterocycles. The van der Waals surface area contributed by atoms with Crippen LogP contribution in [-0.4, -0.2) is 219 Å². The standard InChI is InChI=1S/2C24H26N6O3.C22H30N6O4.C21H28N6O3/c1-32-9-10-33-23-27-21(25)20-22(28-23)30(24(31)26-20)13-17-6-4-5-16(11-17)12-29-14-18-7-2-3-8-19(18)15-29;1-32-11-12-33-23-27-21(25)20-22(28-23)30(24(31)26-20)15-17-6-4-5-16(13-17)14-29-10-9-18-7-2-3-8-19(18)29;1-14-10-27(11-15(2)32-14)12-16-5-4-6-17(9-16)13-28-20-18(24-22(28)29)19(23)25-21(26-20)31-8-7-30-3;1-29-10-11-30-20-24-18(22)17-19(25-20)27(21(28)23-17)14-16-7-5-6-15(12-16)13-26-8-3-2-4-9-26/h2-8,11H,9-10,12-15H2,1H3,(H,26,31)(H2,25,27,28);2-8,13H,9-12,14-15H2,1H3,(H,26,31)(H2,25,27,28);4-6,9,14-15H,7-8,10-13H2,1-3H3,(H,24,29)(H2,23,25,26);5-7,12H,2-4,8-11,13-14H2,1H3,(H,23,28)(H2,22,24,25). The summed E-state index contributed by atoms with van der Waals surface area (Å²) in [5.74, 6) is 0.694. The minimum atomic E-state index is -0.295. The number of nitrogens with two attached hydrogens (primary N) is 4. The number of morpholine rings is 1. The van der Waals surface area contributed by atoms with Crippen LogP contribution in [0.4, 0.5) is 29.0 Å². The van der Waals surface area contributed by atoms with Crippen molar-refractivity contribution in [1.29, 1.82) is 0 Å². The number of hydrogen-bond donors (Lipinski definition) is 8. The van der Waals surface area contributed by atoms with Gasteiger partial charge >= 0.3 is 46.8 Å². The summed E-state index contributed by atoms with van der Waals surface area (Å²) in [6, 6.07) is 50.7. The summed E-state index contributed by atoms with van der Waals surface area (Å²) in [4.78, 5) is 105. The number of hydrogen-bond acceptors (Lipinski definition) is 29.